The van der Waals surface area contributed by atoms with Crippen LogP contribution in [0.25, 0.3) is 11.1 Å². The fourth-order valence-electron chi connectivity index (χ4n) is 12.4. The number of hydrogen-bond donors (Lipinski definition) is 0. The summed E-state index contributed by atoms with van der Waals surface area (Å²) in [6, 6.07) is 66.7. The van der Waals surface area contributed by atoms with Crippen LogP contribution in [0.4, 0.5) is 34.1 Å². The van der Waals surface area contributed by atoms with E-state index in [4.69, 9.17) is 0 Å². The van der Waals surface area contributed by atoms with Crippen LogP contribution in [0, 0.1) is 11.8 Å². The van der Waals surface area contributed by atoms with Gasteiger partial charge in [-0.1, -0.05) is 149 Å². The lowest BCUT2D eigenvalue weighted by atomic mass is 9.64. The lowest BCUT2D eigenvalue weighted by Gasteiger charge is -2.40. The molecule has 0 amide bonds. The van der Waals surface area contributed by atoms with Crippen LogP contribution in [0.5, 0.6) is 0 Å². The third-order valence-corrected chi connectivity index (χ3v) is 15.2. The lowest BCUT2D eigenvalue weighted by molar-refractivity contribution is 0.320. The Labute approximate surface area is 357 Å². The predicted molar refractivity (Wildman–Crippen MR) is 252 cm³/mol. The van der Waals surface area contributed by atoms with Crippen molar-refractivity contribution < 1.29 is 0 Å². The second-order valence-electron chi connectivity index (χ2n) is 18.8. The zero-order chi connectivity index (χ0) is 40.3. The van der Waals surface area contributed by atoms with E-state index in [0.717, 1.165) is 5.92 Å². The minimum Gasteiger partial charge on any atom is -0.311 e. The van der Waals surface area contributed by atoms with Gasteiger partial charge in [-0.2, -0.15) is 0 Å². The van der Waals surface area contributed by atoms with Crippen molar-refractivity contribution in [1.29, 1.82) is 0 Å². The smallest absolute Gasteiger partial charge is 0.0508 e. The van der Waals surface area contributed by atoms with Crippen molar-refractivity contribution in [2.45, 2.75) is 88.4 Å². The standard InChI is InChI=1S/C58H56N2/c1-57(2)54-23-13-12-21-52(54)53-22-14-24-55(56(53)57)60(50-33-26-43(27-34-50)42-15-6-3-7-16-42)51-37-31-45(32-38-51)58(40-41-25-28-46(58)39-41)44-29-35-49(36-30-44)59(47-17-8-4-9-18-47)48-19-10-5-11-20-48/h4-5,8-14,17-24,26-27,29-38,41-42,46H,3,6-7,15-16,25,28,39-40H2,1-2H3. The molecule has 7 aromatic rings. The van der Waals surface area contributed by atoms with Gasteiger partial charge in [-0.05, 0) is 156 Å². The zero-order valence-electron chi connectivity index (χ0n) is 35.2. The average Bonchev–Trinajstić information content (AvgIpc) is 4.00. The Morgan fingerprint density at radius 3 is 1.57 bits per heavy atom. The van der Waals surface area contributed by atoms with Gasteiger partial charge in [-0.3, -0.25) is 0 Å². The largest absolute Gasteiger partial charge is 0.311 e. The molecule has 0 radical (unpaired) electrons. The molecular weight excluding hydrogens is 725 g/mol. The van der Waals surface area contributed by atoms with Crippen LogP contribution in [-0.2, 0) is 10.8 Å². The molecule has 3 saturated carbocycles. The molecule has 0 aliphatic heterocycles. The molecule has 0 aromatic heterocycles. The van der Waals surface area contributed by atoms with Gasteiger partial charge in [0.15, 0.2) is 0 Å². The first-order valence-electron chi connectivity index (χ1n) is 22.7. The van der Waals surface area contributed by atoms with E-state index in [1.54, 1.807) is 0 Å². The SMILES string of the molecule is CC1(C)c2ccccc2-c2cccc(N(c3ccc(C4CCCCC4)cc3)c3ccc(C4(c5ccc(N(c6ccccc6)c6ccccc6)cc5)CC5CCC4C5)cc3)c21. The normalized spacial score (nSPS) is 21.4. The lowest BCUT2D eigenvalue weighted by Crippen LogP contribution is -2.34. The second kappa shape index (κ2) is 15.0. The van der Waals surface area contributed by atoms with Gasteiger partial charge in [0.05, 0.1) is 5.69 Å². The molecule has 2 nitrogen and oxygen atoms in total. The summed E-state index contributed by atoms with van der Waals surface area (Å²) in [7, 11) is 0. The van der Waals surface area contributed by atoms with Gasteiger partial charge >= 0.3 is 0 Å². The van der Waals surface area contributed by atoms with Gasteiger partial charge in [-0.15, -0.1) is 0 Å². The Hall–Kier alpha value is -5.86. The summed E-state index contributed by atoms with van der Waals surface area (Å²) in [4.78, 5) is 4.94. The molecule has 0 saturated heterocycles. The first-order valence-corrected chi connectivity index (χ1v) is 22.7. The summed E-state index contributed by atoms with van der Waals surface area (Å²) >= 11 is 0. The molecular formula is C58H56N2. The van der Waals surface area contributed by atoms with Gasteiger partial charge in [0, 0.05) is 39.3 Å². The monoisotopic (exact) mass is 780 g/mol. The van der Waals surface area contributed by atoms with E-state index >= 15 is 0 Å². The van der Waals surface area contributed by atoms with Crippen molar-refractivity contribution in [3.05, 3.63) is 204 Å². The fourth-order valence-corrected chi connectivity index (χ4v) is 12.4. The molecule has 3 fully saturated rings. The van der Waals surface area contributed by atoms with E-state index < -0.39 is 0 Å². The van der Waals surface area contributed by atoms with Crippen LogP contribution >= 0.6 is 0 Å². The maximum atomic E-state index is 2.56. The third-order valence-electron chi connectivity index (χ3n) is 15.2. The fraction of sp³-hybridized carbons (Fsp3) is 0.276. The highest BCUT2D eigenvalue weighted by atomic mass is 15.1. The molecule has 3 unspecified atom stereocenters. The Balaban J connectivity index is 0.998. The Morgan fingerprint density at radius 1 is 0.450 bits per heavy atom. The number of hydrogen-bond acceptors (Lipinski definition) is 2. The predicted octanol–water partition coefficient (Wildman–Crippen LogP) is 16.1. The summed E-state index contributed by atoms with van der Waals surface area (Å²) < 4.78 is 0. The van der Waals surface area contributed by atoms with Crippen molar-refractivity contribution in [3.8, 4) is 11.1 Å². The molecule has 4 aliphatic carbocycles. The minimum atomic E-state index is -0.126. The van der Waals surface area contributed by atoms with E-state index in [9.17, 15) is 0 Å². The highest BCUT2D eigenvalue weighted by molar-refractivity contribution is 5.90. The molecule has 298 valence electrons. The van der Waals surface area contributed by atoms with Crippen LogP contribution in [0.2, 0.25) is 0 Å². The summed E-state index contributed by atoms with van der Waals surface area (Å²) in [5.41, 5.74) is 17.1. The number of para-hydroxylation sites is 2. The highest BCUT2D eigenvalue weighted by Crippen LogP contribution is 2.61. The summed E-state index contributed by atoms with van der Waals surface area (Å²) in [5.74, 6) is 2.12. The number of benzene rings is 7. The molecule has 7 aromatic carbocycles. The maximum Gasteiger partial charge on any atom is 0.0508 e. The highest BCUT2D eigenvalue weighted by Gasteiger charge is 2.52. The molecule has 0 N–H and O–H groups in total. The first-order chi connectivity index (χ1) is 29.5. The first kappa shape index (κ1) is 37.2. The van der Waals surface area contributed by atoms with Crippen LogP contribution in [0.1, 0.15) is 105 Å². The summed E-state index contributed by atoms with van der Waals surface area (Å²) in [5, 5.41) is 0. The number of fused-ring (bicyclic) bond motifs is 5. The zero-order valence-corrected chi connectivity index (χ0v) is 35.2. The van der Waals surface area contributed by atoms with Crippen molar-refractivity contribution in [2.24, 2.45) is 11.8 Å². The van der Waals surface area contributed by atoms with E-state index in [1.165, 1.54) is 131 Å². The van der Waals surface area contributed by atoms with Gasteiger partial charge in [0.2, 0.25) is 0 Å². The van der Waals surface area contributed by atoms with Gasteiger partial charge in [-0.25, -0.2) is 0 Å². The van der Waals surface area contributed by atoms with Crippen LogP contribution in [-0.4, -0.2) is 0 Å². The van der Waals surface area contributed by atoms with Crippen molar-refractivity contribution in [1.82, 2.24) is 0 Å². The molecule has 4 aliphatic rings. The maximum absolute atomic E-state index is 2.56. The number of nitrogens with zero attached hydrogens (tertiary/aromatic N) is 2. The van der Waals surface area contributed by atoms with Gasteiger partial charge < -0.3 is 9.80 Å². The van der Waals surface area contributed by atoms with Crippen LogP contribution in [0.15, 0.2) is 176 Å². The Kier molecular flexibility index (Phi) is 9.29. The Morgan fingerprint density at radius 2 is 0.983 bits per heavy atom. The van der Waals surface area contributed by atoms with Crippen molar-refractivity contribution in [2.75, 3.05) is 9.80 Å². The molecule has 60 heavy (non-hydrogen) atoms. The van der Waals surface area contributed by atoms with Gasteiger partial charge in [0.25, 0.3) is 0 Å². The molecule has 0 spiro atoms. The molecule has 11 rings (SSSR count). The third kappa shape index (κ3) is 6.13. The number of anilines is 6. The molecule has 2 bridgehead atoms. The summed E-state index contributed by atoms with van der Waals surface area (Å²) in [6.07, 6.45) is 11.9. The van der Waals surface area contributed by atoms with Crippen LogP contribution < -0.4 is 9.80 Å². The Bertz CT molecular complexity index is 2560. The minimum absolute atomic E-state index is 0.00834. The molecule has 3 atom stereocenters. The van der Waals surface area contributed by atoms with Crippen molar-refractivity contribution >= 4 is 34.1 Å². The van der Waals surface area contributed by atoms with Gasteiger partial charge in [0.1, 0.15) is 0 Å². The van der Waals surface area contributed by atoms with E-state index in [2.05, 4.69) is 200 Å². The molecule has 2 heteroatoms. The van der Waals surface area contributed by atoms with E-state index in [1.807, 2.05) is 0 Å². The number of rotatable bonds is 9. The quantitative estimate of drug-likeness (QED) is 0.144. The van der Waals surface area contributed by atoms with E-state index in [-0.39, 0.29) is 10.8 Å². The summed E-state index contributed by atoms with van der Waals surface area (Å²) in [6.45, 7) is 4.83. The molecule has 0 heterocycles. The average molecular weight is 781 g/mol. The topological polar surface area (TPSA) is 6.48 Å². The van der Waals surface area contributed by atoms with E-state index in [0.29, 0.717) is 11.8 Å². The van der Waals surface area contributed by atoms with Crippen molar-refractivity contribution in [3.63, 3.8) is 0 Å². The second-order valence-corrected chi connectivity index (χ2v) is 18.8. The van der Waals surface area contributed by atoms with Crippen LogP contribution in [0.3, 0.4) is 0 Å².